The summed E-state index contributed by atoms with van der Waals surface area (Å²) in [4.78, 5) is 6.47. The Hall–Kier alpha value is -1.13. The number of nitrogens with zero attached hydrogens (tertiary/aromatic N) is 2. The fourth-order valence-corrected chi connectivity index (χ4v) is 1.83. The quantitative estimate of drug-likeness (QED) is 0.792. The number of pyridine rings is 1. The van der Waals surface area contributed by atoms with Crippen molar-refractivity contribution >= 4 is 5.82 Å². The number of hydrogen-bond donors (Lipinski definition) is 2. The fourth-order valence-electron chi connectivity index (χ4n) is 1.83. The maximum absolute atomic E-state index is 9.74. The van der Waals surface area contributed by atoms with Gasteiger partial charge in [0.1, 0.15) is 5.82 Å². The summed E-state index contributed by atoms with van der Waals surface area (Å²) in [6, 6.07) is 4.01. The van der Waals surface area contributed by atoms with E-state index in [1.165, 1.54) is 0 Å². The number of rotatable bonds is 6. The number of anilines is 1. The van der Waals surface area contributed by atoms with Gasteiger partial charge in [-0.3, -0.25) is 0 Å². The van der Waals surface area contributed by atoms with E-state index in [1.54, 1.807) is 13.1 Å². The first-order chi connectivity index (χ1) is 8.07. The first kappa shape index (κ1) is 13.9. The third-order valence-corrected chi connectivity index (χ3v) is 2.72. The number of aliphatic hydroxyl groups is 2. The Morgan fingerprint density at radius 3 is 2.59 bits per heavy atom. The molecule has 17 heavy (non-hydrogen) atoms. The highest BCUT2D eigenvalue weighted by atomic mass is 16.3. The molecule has 0 radical (unpaired) electrons. The summed E-state index contributed by atoms with van der Waals surface area (Å²) in [5.41, 5.74) is 0.833. The maximum atomic E-state index is 9.74. The normalized spacial score (nSPS) is 12.8. The van der Waals surface area contributed by atoms with Gasteiger partial charge in [-0.1, -0.05) is 6.07 Å². The van der Waals surface area contributed by atoms with Crippen molar-refractivity contribution in [1.82, 2.24) is 4.98 Å². The SMILES string of the molecule is CC(C)N(CCCO)c1ncccc1[C@@H](C)O. The predicted molar refractivity (Wildman–Crippen MR) is 69.1 cm³/mol. The van der Waals surface area contributed by atoms with E-state index >= 15 is 0 Å². The van der Waals surface area contributed by atoms with Crippen LogP contribution in [-0.4, -0.2) is 34.4 Å². The third kappa shape index (κ3) is 3.68. The van der Waals surface area contributed by atoms with Crippen LogP contribution in [0.4, 0.5) is 5.82 Å². The minimum absolute atomic E-state index is 0.167. The molecule has 0 unspecified atom stereocenters. The lowest BCUT2D eigenvalue weighted by Gasteiger charge is -2.30. The van der Waals surface area contributed by atoms with Gasteiger partial charge in [-0.05, 0) is 33.3 Å². The number of aromatic nitrogens is 1. The van der Waals surface area contributed by atoms with Gasteiger partial charge >= 0.3 is 0 Å². The zero-order valence-electron chi connectivity index (χ0n) is 10.8. The molecule has 0 saturated heterocycles. The van der Waals surface area contributed by atoms with Crippen LogP contribution in [0.25, 0.3) is 0 Å². The van der Waals surface area contributed by atoms with Crippen LogP contribution in [0.1, 0.15) is 38.9 Å². The largest absolute Gasteiger partial charge is 0.396 e. The molecule has 96 valence electrons. The second kappa shape index (κ2) is 6.57. The molecule has 1 rings (SSSR count). The Labute approximate surface area is 103 Å². The summed E-state index contributed by atoms with van der Waals surface area (Å²) in [5, 5.41) is 18.7. The second-order valence-corrected chi connectivity index (χ2v) is 4.46. The van der Waals surface area contributed by atoms with Crippen LogP contribution in [0.3, 0.4) is 0 Å². The van der Waals surface area contributed by atoms with E-state index in [0.717, 1.165) is 17.9 Å². The lowest BCUT2D eigenvalue weighted by molar-refractivity contribution is 0.199. The van der Waals surface area contributed by atoms with Crippen molar-refractivity contribution in [3.8, 4) is 0 Å². The topological polar surface area (TPSA) is 56.6 Å². The standard InChI is InChI=1S/C13H22N2O2/c1-10(2)15(8-5-9-16)13-12(11(3)17)6-4-7-14-13/h4,6-7,10-11,16-17H,5,8-9H2,1-3H3/t11-/m1/s1. The van der Waals surface area contributed by atoms with Crippen molar-refractivity contribution < 1.29 is 10.2 Å². The van der Waals surface area contributed by atoms with E-state index in [1.807, 2.05) is 12.1 Å². The second-order valence-electron chi connectivity index (χ2n) is 4.46. The molecule has 0 saturated carbocycles. The first-order valence-corrected chi connectivity index (χ1v) is 6.08. The lowest BCUT2D eigenvalue weighted by atomic mass is 10.1. The van der Waals surface area contributed by atoms with Crippen LogP contribution in [0.5, 0.6) is 0 Å². The van der Waals surface area contributed by atoms with Crippen LogP contribution in [-0.2, 0) is 0 Å². The highest BCUT2D eigenvalue weighted by Crippen LogP contribution is 2.25. The highest BCUT2D eigenvalue weighted by molar-refractivity contribution is 5.48. The summed E-state index contributed by atoms with van der Waals surface area (Å²) in [5.74, 6) is 0.811. The zero-order valence-corrected chi connectivity index (χ0v) is 10.8. The molecule has 0 aliphatic rings. The maximum Gasteiger partial charge on any atom is 0.134 e. The molecule has 4 nitrogen and oxygen atoms in total. The van der Waals surface area contributed by atoms with Crippen molar-refractivity contribution in [2.24, 2.45) is 0 Å². The van der Waals surface area contributed by atoms with E-state index < -0.39 is 6.10 Å². The van der Waals surface area contributed by atoms with Crippen LogP contribution in [0, 0.1) is 0 Å². The van der Waals surface area contributed by atoms with Crippen LogP contribution < -0.4 is 4.90 Å². The van der Waals surface area contributed by atoms with Crippen LogP contribution in [0.15, 0.2) is 18.3 Å². The first-order valence-electron chi connectivity index (χ1n) is 6.08. The smallest absolute Gasteiger partial charge is 0.134 e. The van der Waals surface area contributed by atoms with Crippen molar-refractivity contribution in [3.05, 3.63) is 23.9 Å². The Bertz CT molecular complexity index is 340. The van der Waals surface area contributed by atoms with Gasteiger partial charge in [-0.25, -0.2) is 4.98 Å². The molecule has 0 bridgehead atoms. The van der Waals surface area contributed by atoms with Crippen LogP contribution in [0.2, 0.25) is 0 Å². The van der Waals surface area contributed by atoms with Gasteiger partial charge in [0.2, 0.25) is 0 Å². The predicted octanol–water partition coefficient (Wildman–Crippen LogP) is 1.73. The van der Waals surface area contributed by atoms with Gasteiger partial charge in [0, 0.05) is 31.0 Å². The molecule has 0 aromatic carbocycles. The van der Waals surface area contributed by atoms with Gasteiger partial charge in [0.15, 0.2) is 0 Å². The summed E-state index contributed by atoms with van der Waals surface area (Å²) < 4.78 is 0. The average Bonchev–Trinajstić information content (AvgIpc) is 2.29. The molecule has 1 aromatic heterocycles. The van der Waals surface area contributed by atoms with E-state index in [4.69, 9.17) is 5.11 Å². The molecule has 0 aliphatic carbocycles. The summed E-state index contributed by atoms with van der Waals surface area (Å²) >= 11 is 0. The highest BCUT2D eigenvalue weighted by Gasteiger charge is 2.17. The van der Waals surface area contributed by atoms with Gasteiger partial charge in [-0.2, -0.15) is 0 Å². The molecule has 0 spiro atoms. The average molecular weight is 238 g/mol. The Kier molecular flexibility index (Phi) is 5.38. The third-order valence-electron chi connectivity index (χ3n) is 2.72. The Balaban J connectivity index is 3.00. The molecular weight excluding hydrogens is 216 g/mol. The van der Waals surface area contributed by atoms with E-state index in [0.29, 0.717) is 6.42 Å². The number of hydrogen-bond acceptors (Lipinski definition) is 4. The fraction of sp³-hybridized carbons (Fsp3) is 0.615. The van der Waals surface area contributed by atoms with E-state index in [-0.39, 0.29) is 12.6 Å². The monoisotopic (exact) mass is 238 g/mol. The molecule has 1 atom stereocenters. The van der Waals surface area contributed by atoms with Crippen LogP contribution >= 0.6 is 0 Å². The van der Waals surface area contributed by atoms with Gasteiger partial charge in [0.05, 0.1) is 6.10 Å². The Morgan fingerprint density at radius 1 is 1.35 bits per heavy atom. The van der Waals surface area contributed by atoms with Crippen molar-refractivity contribution in [2.45, 2.75) is 39.3 Å². The van der Waals surface area contributed by atoms with Crippen molar-refractivity contribution in [2.75, 3.05) is 18.1 Å². The molecule has 1 heterocycles. The molecule has 1 aromatic rings. The minimum Gasteiger partial charge on any atom is -0.396 e. The van der Waals surface area contributed by atoms with Crippen molar-refractivity contribution in [1.29, 1.82) is 0 Å². The van der Waals surface area contributed by atoms with Gasteiger partial charge in [0.25, 0.3) is 0 Å². The van der Waals surface area contributed by atoms with Gasteiger partial charge < -0.3 is 15.1 Å². The molecular formula is C13H22N2O2. The summed E-state index contributed by atoms with van der Waals surface area (Å²) in [6.45, 7) is 6.81. The molecule has 0 fully saturated rings. The molecule has 2 N–H and O–H groups in total. The van der Waals surface area contributed by atoms with Gasteiger partial charge in [-0.15, -0.1) is 0 Å². The lowest BCUT2D eigenvalue weighted by Crippen LogP contribution is -2.34. The zero-order chi connectivity index (χ0) is 12.8. The summed E-state index contributed by atoms with van der Waals surface area (Å²) in [6.07, 6.45) is 1.90. The van der Waals surface area contributed by atoms with E-state index in [9.17, 15) is 5.11 Å². The molecule has 0 amide bonds. The molecule has 0 aliphatic heterocycles. The summed E-state index contributed by atoms with van der Waals surface area (Å²) in [7, 11) is 0. The molecule has 4 heteroatoms. The van der Waals surface area contributed by atoms with Crippen molar-refractivity contribution in [3.63, 3.8) is 0 Å². The minimum atomic E-state index is -0.533. The number of aliphatic hydroxyl groups excluding tert-OH is 2. The van der Waals surface area contributed by atoms with E-state index in [2.05, 4.69) is 23.7 Å². The Morgan fingerprint density at radius 2 is 2.06 bits per heavy atom.